The summed E-state index contributed by atoms with van der Waals surface area (Å²) in [5.74, 6) is -2.27. The van der Waals surface area contributed by atoms with E-state index in [4.69, 9.17) is 30.2 Å². The van der Waals surface area contributed by atoms with Gasteiger partial charge < -0.3 is 15.3 Å². The van der Waals surface area contributed by atoms with Gasteiger partial charge in [-0.2, -0.15) is 5.26 Å². The fourth-order valence-electron chi connectivity index (χ4n) is 0. The van der Waals surface area contributed by atoms with Crippen LogP contribution in [-0.4, -0.2) is 63.4 Å². The van der Waals surface area contributed by atoms with E-state index in [0.29, 0.717) is 0 Å². The van der Waals surface area contributed by atoms with Crippen LogP contribution in [0.1, 0.15) is 13.8 Å². The van der Waals surface area contributed by atoms with Gasteiger partial charge in [0.05, 0.1) is 0 Å². The first-order chi connectivity index (χ1) is 5.42. The van der Waals surface area contributed by atoms with Gasteiger partial charge in [0.15, 0.2) is 6.07 Å². The molecule has 0 heterocycles. The summed E-state index contributed by atoms with van der Waals surface area (Å²) in [5.41, 5.74) is 0. The summed E-state index contributed by atoms with van der Waals surface area (Å²) in [6.07, 6.45) is 0. The Morgan fingerprint density at radius 3 is 1.46 bits per heavy atom. The maximum absolute atomic E-state index is 9.01. The Hall–Kier alpha value is -0.610. The van der Waals surface area contributed by atoms with Crippen LogP contribution in [0.2, 0.25) is 0 Å². The standard InChI is InChI=1S/C2HNO2.C2H4O2.C2H6O.Na.H/c3-1-2(4)5;1-2(3)4;1-2-3;;/h(H,4,5);1H3,(H,3,4);3H,2H2,1H3;;. The van der Waals surface area contributed by atoms with Crippen molar-refractivity contribution in [1.29, 1.82) is 5.26 Å². The molecule has 7 heteroatoms. The van der Waals surface area contributed by atoms with Gasteiger partial charge in [-0.15, -0.1) is 0 Å². The number of carbonyl (C=O) groups is 2. The molecule has 0 spiro atoms. The zero-order valence-electron chi connectivity index (χ0n) is 6.81. The quantitative estimate of drug-likeness (QED) is 0.264. The van der Waals surface area contributed by atoms with Crippen LogP contribution in [0.25, 0.3) is 0 Å². The van der Waals surface area contributed by atoms with E-state index in [2.05, 4.69) is 0 Å². The molecule has 0 bridgehead atoms. The normalized spacial score (nSPS) is 5.38. The van der Waals surface area contributed by atoms with E-state index >= 15 is 0 Å². The summed E-state index contributed by atoms with van der Waals surface area (Å²) in [6, 6.07) is 0.944. The van der Waals surface area contributed by atoms with Gasteiger partial charge >= 0.3 is 35.5 Å². The van der Waals surface area contributed by atoms with Crippen molar-refractivity contribution in [2.24, 2.45) is 0 Å². The number of nitriles is 1. The van der Waals surface area contributed by atoms with Gasteiger partial charge in [-0.1, -0.05) is 0 Å². The average Bonchev–Trinajstić information content (AvgIpc) is 1.88. The van der Waals surface area contributed by atoms with Crippen LogP contribution in [0.15, 0.2) is 0 Å². The van der Waals surface area contributed by atoms with E-state index in [9.17, 15) is 0 Å². The van der Waals surface area contributed by atoms with Gasteiger partial charge in [0.25, 0.3) is 5.97 Å². The fourth-order valence-corrected chi connectivity index (χ4v) is 0. The van der Waals surface area contributed by atoms with E-state index in [1.165, 1.54) is 0 Å². The average molecular weight is 201 g/mol. The molecule has 3 N–H and O–H groups in total. The Balaban J connectivity index is -0.0000000465. The third-order valence-electron chi connectivity index (χ3n) is 0.0956. The minimum absolute atomic E-state index is 0. The monoisotopic (exact) mass is 201 g/mol. The van der Waals surface area contributed by atoms with Crippen LogP contribution in [-0.2, 0) is 9.59 Å². The Morgan fingerprint density at radius 2 is 1.46 bits per heavy atom. The number of carboxylic acids is 2. The fraction of sp³-hybridized carbons (Fsp3) is 0.500. The third-order valence-corrected chi connectivity index (χ3v) is 0.0956. The van der Waals surface area contributed by atoms with Crippen molar-refractivity contribution < 1.29 is 24.9 Å². The number of nitrogens with zero attached hydrogens (tertiary/aromatic N) is 1. The van der Waals surface area contributed by atoms with Crippen molar-refractivity contribution in [1.82, 2.24) is 0 Å². The molecule has 0 aliphatic rings. The van der Waals surface area contributed by atoms with E-state index in [1.807, 2.05) is 0 Å². The van der Waals surface area contributed by atoms with Crippen LogP contribution in [0, 0.1) is 11.3 Å². The van der Waals surface area contributed by atoms with Gasteiger partial charge in [-0.3, -0.25) is 4.79 Å². The van der Waals surface area contributed by atoms with Gasteiger partial charge in [0, 0.05) is 13.5 Å². The van der Waals surface area contributed by atoms with Gasteiger partial charge in [0.2, 0.25) is 0 Å². The summed E-state index contributed by atoms with van der Waals surface area (Å²) in [4.78, 5) is 18.0. The molecule has 0 fully saturated rings. The number of rotatable bonds is 0. The summed E-state index contributed by atoms with van der Waals surface area (Å²) >= 11 is 0. The molecule has 72 valence electrons. The van der Waals surface area contributed by atoms with Gasteiger partial charge in [-0.25, -0.2) is 4.79 Å². The van der Waals surface area contributed by atoms with E-state index < -0.39 is 11.9 Å². The summed E-state index contributed by atoms with van der Waals surface area (Å²) in [6.45, 7) is 3.01. The molecule has 0 aliphatic carbocycles. The summed E-state index contributed by atoms with van der Waals surface area (Å²) < 4.78 is 0. The second-order valence-corrected chi connectivity index (χ2v) is 1.25. The van der Waals surface area contributed by atoms with Crippen molar-refractivity contribution in [2.45, 2.75) is 13.8 Å². The molecule has 0 atom stereocenters. The molecule has 0 aromatic heterocycles. The Labute approximate surface area is 98.1 Å². The summed E-state index contributed by atoms with van der Waals surface area (Å²) in [5, 5.41) is 29.6. The van der Waals surface area contributed by atoms with Crippen LogP contribution >= 0.6 is 0 Å². The number of aliphatic hydroxyl groups excluding tert-OH is 1. The molecular formula is C6H12NNaO5. The Morgan fingerprint density at radius 1 is 1.38 bits per heavy atom. The maximum atomic E-state index is 9.01. The van der Waals surface area contributed by atoms with Crippen LogP contribution in [0.5, 0.6) is 0 Å². The first-order valence-electron chi connectivity index (χ1n) is 2.85. The number of aliphatic carboxylic acids is 2. The predicted molar refractivity (Wildman–Crippen MR) is 46.5 cm³/mol. The zero-order chi connectivity index (χ0) is 10.6. The van der Waals surface area contributed by atoms with Crippen molar-refractivity contribution in [2.75, 3.05) is 6.61 Å². The van der Waals surface area contributed by atoms with Gasteiger partial charge in [-0.05, 0) is 6.92 Å². The van der Waals surface area contributed by atoms with Crippen LogP contribution < -0.4 is 0 Å². The number of aliphatic hydroxyl groups is 1. The molecule has 6 nitrogen and oxygen atoms in total. The molecule has 0 aromatic rings. The second-order valence-electron chi connectivity index (χ2n) is 1.25. The first-order valence-corrected chi connectivity index (χ1v) is 2.85. The number of hydrogen-bond acceptors (Lipinski definition) is 4. The Bertz CT molecular complexity index is 161. The van der Waals surface area contributed by atoms with Crippen molar-refractivity contribution in [3.05, 3.63) is 0 Å². The van der Waals surface area contributed by atoms with Crippen LogP contribution in [0.4, 0.5) is 0 Å². The summed E-state index contributed by atoms with van der Waals surface area (Å²) in [7, 11) is 0. The van der Waals surface area contributed by atoms with E-state index in [1.54, 1.807) is 6.92 Å². The minimum atomic E-state index is -1.44. The molecule has 0 unspecified atom stereocenters. The SMILES string of the molecule is CC(=O)O.CCO.N#CC(=O)O.[NaH]. The van der Waals surface area contributed by atoms with Crippen molar-refractivity contribution in [3.8, 4) is 6.07 Å². The number of carboxylic acid groups (broad SMARTS) is 2. The molecule has 0 rings (SSSR count). The zero-order valence-corrected chi connectivity index (χ0v) is 6.81. The second kappa shape index (κ2) is 22.5. The third kappa shape index (κ3) is 520. The topological polar surface area (TPSA) is 119 Å². The molecule has 0 amide bonds. The van der Waals surface area contributed by atoms with Crippen molar-refractivity contribution >= 4 is 41.5 Å². The van der Waals surface area contributed by atoms with Crippen molar-refractivity contribution in [3.63, 3.8) is 0 Å². The molecule has 0 saturated heterocycles. The number of hydrogen-bond donors (Lipinski definition) is 3. The molecule has 0 aromatic carbocycles. The van der Waals surface area contributed by atoms with E-state index in [-0.39, 0.29) is 36.2 Å². The molecule has 0 aliphatic heterocycles. The van der Waals surface area contributed by atoms with Crippen LogP contribution in [0.3, 0.4) is 0 Å². The Kier molecular flexibility index (Phi) is 39.5. The molecule has 13 heavy (non-hydrogen) atoms. The molecule has 0 saturated carbocycles. The molecule has 0 radical (unpaired) electrons. The first kappa shape index (κ1) is 22.8. The predicted octanol–water partition coefficient (Wildman–Crippen LogP) is -0.964. The van der Waals surface area contributed by atoms with Gasteiger partial charge in [0.1, 0.15) is 0 Å². The molecular weight excluding hydrogens is 189 g/mol. The van der Waals surface area contributed by atoms with E-state index in [0.717, 1.165) is 13.0 Å².